The molecule has 1 aromatic heterocycles. The van der Waals surface area contributed by atoms with Gasteiger partial charge in [-0.05, 0) is 13.0 Å². The van der Waals surface area contributed by atoms with E-state index in [9.17, 15) is 14.4 Å². The average molecular weight is 302 g/mol. The molecule has 0 aliphatic carbocycles. The lowest BCUT2D eigenvalue weighted by molar-refractivity contribution is -0.145. The van der Waals surface area contributed by atoms with Crippen molar-refractivity contribution in [2.75, 3.05) is 6.61 Å². The highest BCUT2D eigenvalue weighted by molar-refractivity contribution is 6.02. The quantitative estimate of drug-likeness (QED) is 0.782. The third-order valence-electron chi connectivity index (χ3n) is 3.50. The summed E-state index contributed by atoms with van der Waals surface area (Å²) >= 11 is 0. The molecule has 2 heterocycles. The molecular formula is C15H14N2O5. The van der Waals surface area contributed by atoms with Crippen molar-refractivity contribution in [3.05, 3.63) is 40.3 Å². The van der Waals surface area contributed by atoms with Gasteiger partial charge < -0.3 is 9.47 Å². The van der Waals surface area contributed by atoms with Gasteiger partial charge in [0.05, 0.1) is 12.0 Å². The summed E-state index contributed by atoms with van der Waals surface area (Å²) in [5.74, 6) is -1.29. The number of carbonyl (C=O) groups is 2. The van der Waals surface area contributed by atoms with E-state index in [1.165, 1.54) is 4.68 Å². The highest BCUT2D eigenvalue weighted by atomic mass is 16.6. The molecule has 0 spiro atoms. The Morgan fingerprint density at radius 2 is 2.09 bits per heavy atom. The molecule has 3 rings (SSSR count). The molecule has 2 aromatic rings. The van der Waals surface area contributed by atoms with Gasteiger partial charge in [0.15, 0.2) is 5.69 Å². The van der Waals surface area contributed by atoms with E-state index in [-0.39, 0.29) is 17.9 Å². The number of aromatic nitrogens is 2. The summed E-state index contributed by atoms with van der Waals surface area (Å²) in [4.78, 5) is 35.9. The first-order valence-electron chi connectivity index (χ1n) is 6.99. The lowest BCUT2D eigenvalue weighted by atomic mass is 10.1. The van der Waals surface area contributed by atoms with Crippen molar-refractivity contribution in [2.45, 2.75) is 26.0 Å². The maximum Gasteiger partial charge on any atom is 0.360 e. The van der Waals surface area contributed by atoms with Gasteiger partial charge in [0, 0.05) is 18.4 Å². The summed E-state index contributed by atoms with van der Waals surface area (Å²) in [7, 11) is 0. The van der Waals surface area contributed by atoms with Gasteiger partial charge >= 0.3 is 11.9 Å². The number of hydrogen-bond donors (Lipinski definition) is 0. The van der Waals surface area contributed by atoms with E-state index in [2.05, 4.69) is 5.10 Å². The summed E-state index contributed by atoms with van der Waals surface area (Å²) in [5.41, 5.74) is -0.244. The molecule has 1 atom stereocenters. The molecule has 0 N–H and O–H groups in total. The number of esters is 2. The second-order valence-corrected chi connectivity index (χ2v) is 4.87. The molecule has 0 bridgehead atoms. The van der Waals surface area contributed by atoms with Crippen LogP contribution in [-0.4, -0.2) is 34.4 Å². The zero-order chi connectivity index (χ0) is 15.7. The van der Waals surface area contributed by atoms with E-state index in [1.54, 1.807) is 31.2 Å². The molecule has 1 aliphatic heterocycles. The van der Waals surface area contributed by atoms with E-state index in [0.717, 1.165) is 0 Å². The number of carbonyl (C=O) groups excluding carboxylic acids is 2. The standard InChI is InChI=1S/C15H14N2O5/c1-2-17-13(18)10-6-4-3-5-9(10)12(16-17)15(20)22-11-7-8-21-14(11)19/h3-6,11H,2,7-8H2,1H3/t11-/m0/s1. The highest BCUT2D eigenvalue weighted by Gasteiger charge is 2.31. The minimum absolute atomic E-state index is 0.0248. The number of rotatable bonds is 3. The summed E-state index contributed by atoms with van der Waals surface area (Å²) < 4.78 is 11.1. The SMILES string of the molecule is CCn1nc(C(=O)O[C@H]2CCOC2=O)c2ccccc2c1=O. The summed E-state index contributed by atoms with van der Waals surface area (Å²) in [6.45, 7) is 2.32. The largest absolute Gasteiger partial charge is 0.463 e. The van der Waals surface area contributed by atoms with Gasteiger partial charge in [-0.2, -0.15) is 5.10 Å². The normalized spacial score (nSPS) is 17.5. The number of benzene rings is 1. The molecule has 1 aromatic carbocycles. The molecule has 0 radical (unpaired) electrons. The van der Waals surface area contributed by atoms with Crippen molar-refractivity contribution < 1.29 is 19.1 Å². The first kappa shape index (κ1) is 14.2. The van der Waals surface area contributed by atoms with Gasteiger partial charge in [-0.1, -0.05) is 18.2 Å². The van der Waals surface area contributed by atoms with Crippen LogP contribution in [0.2, 0.25) is 0 Å². The third kappa shape index (κ3) is 2.34. The first-order valence-corrected chi connectivity index (χ1v) is 6.99. The van der Waals surface area contributed by atoms with E-state index in [1.807, 2.05) is 0 Å². The Bertz CT molecular complexity index is 811. The predicted octanol–water partition coefficient (Wildman–Crippen LogP) is 0.889. The monoisotopic (exact) mass is 302 g/mol. The molecular weight excluding hydrogens is 288 g/mol. The Morgan fingerprint density at radius 1 is 1.36 bits per heavy atom. The van der Waals surface area contributed by atoms with Crippen LogP contribution in [0.25, 0.3) is 10.8 Å². The number of ether oxygens (including phenoxy) is 2. The lowest BCUT2D eigenvalue weighted by Crippen LogP contribution is -2.28. The van der Waals surface area contributed by atoms with Crippen LogP contribution in [0.1, 0.15) is 23.8 Å². The minimum Gasteiger partial charge on any atom is -0.463 e. The fourth-order valence-electron chi connectivity index (χ4n) is 2.37. The van der Waals surface area contributed by atoms with Crippen LogP contribution in [0.4, 0.5) is 0 Å². The van der Waals surface area contributed by atoms with Gasteiger partial charge in [-0.25, -0.2) is 14.3 Å². The van der Waals surface area contributed by atoms with Gasteiger partial charge in [0.2, 0.25) is 6.10 Å². The van der Waals surface area contributed by atoms with Crippen molar-refractivity contribution >= 4 is 22.7 Å². The van der Waals surface area contributed by atoms with Crippen LogP contribution >= 0.6 is 0 Å². The van der Waals surface area contributed by atoms with Crippen LogP contribution < -0.4 is 5.56 Å². The van der Waals surface area contributed by atoms with Crippen LogP contribution in [0.15, 0.2) is 29.1 Å². The number of cyclic esters (lactones) is 1. The number of nitrogens with zero attached hydrogens (tertiary/aromatic N) is 2. The van der Waals surface area contributed by atoms with E-state index in [0.29, 0.717) is 23.7 Å². The second-order valence-electron chi connectivity index (χ2n) is 4.87. The third-order valence-corrected chi connectivity index (χ3v) is 3.50. The van der Waals surface area contributed by atoms with Crippen LogP contribution in [0.3, 0.4) is 0 Å². The van der Waals surface area contributed by atoms with Gasteiger partial charge in [-0.15, -0.1) is 0 Å². The first-order chi connectivity index (χ1) is 10.6. The molecule has 114 valence electrons. The molecule has 7 nitrogen and oxygen atoms in total. The summed E-state index contributed by atoms with van der Waals surface area (Å²) in [6.07, 6.45) is -0.578. The van der Waals surface area contributed by atoms with Gasteiger partial charge in [0.1, 0.15) is 0 Å². The summed E-state index contributed by atoms with van der Waals surface area (Å²) in [5, 5.41) is 4.86. The fraction of sp³-hybridized carbons (Fsp3) is 0.333. The van der Waals surface area contributed by atoms with Crippen LogP contribution in [0, 0.1) is 0 Å². The van der Waals surface area contributed by atoms with Crippen molar-refractivity contribution in [2.24, 2.45) is 0 Å². The predicted molar refractivity (Wildman–Crippen MR) is 76.5 cm³/mol. The van der Waals surface area contributed by atoms with Gasteiger partial charge in [0.25, 0.3) is 5.56 Å². The van der Waals surface area contributed by atoms with Crippen LogP contribution in [-0.2, 0) is 20.8 Å². The van der Waals surface area contributed by atoms with E-state index < -0.39 is 18.0 Å². The Balaban J connectivity index is 2.06. The second kappa shape index (κ2) is 5.59. The lowest BCUT2D eigenvalue weighted by Gasteiger charge is -2.11. The average Bonchev–Trinajstić information content (AvgIpc) is 2.93. The highest BCUT2D eigenvalue weighted by Crippen LogP contribution is 2.17. The summed E-state index contributed by atoms with van der Waals surface area (Å²) in [6, 6.07) is 6.69. The number of aryl methyl sites for hydroxylation is 1. The zero-order valence-corrected chi connectivity index (χ0v) is 11.9. The Morgan fingerprint density at radius 3 is 2.73 bits per heavy atom. The molecule has 22 heavy (non-hydrogen) atoms. The van der Waals surface area contributed by atoms with Crippen molar-refractivity contribution in [3.63, 3.8) is 0 Å². The fourth-order valence-corrected chi connectivity index (χ4v) is 2.37. The molecule has 0 saturated carbocycles. The van der Waals surface area contributed by atoms with E-state index >= 15 is 0 Å². The molecule has 1 aliphatic rings. The number of fused-ring (bicyclic) bond motifs is 1. The molecule has 0 amide bonds. The van der Waals surface area contributed by atoms with Gasteiger partial charge in [-0.3, -0.25) is 4.79 Å². The number of hydrogen-bond acceptors (Lipinski definition) is 6. The topological polar surface area (TPSA) is 87.5 Å². The Hall–Kier alpha value is -2.70. The smallest absolute Gasteiger partial charge is 0.360 e. The molecule has 0 unspecified atom stereocenters. The Kier molecular flexibility index (Phi) is 3.62. The maximum atomic E-state index is 12.3. The molecule has 1 saturated heterocycles. The van der Waals surface area contributed by atoms with E-state index in [4.69, 9.17) is 9.47 Å². The van der Waals surface area contributed by atoms with Crippen molar-refractivity contribution in [1.29, 1.82) is 0 Å². The maximum absolute atomic E-state index is 12.3. The van der Waals surface area contributed by atoms with Crippen molar-refractivity contribution in [1.82, 2.24) is 9.78 Å². The molecule has 1 fully saturated rings. The van der Waals surface area contributed by atoms with Crippen molar-refractivity contribution in [3.8, 4) is 0 Å². The minimum atomic E-state index is -0.907. The van der Waals surface area contributed by atoms with Crippen LogP contribution in [0.5, 0.6) is 0 Å². The zero-order valence-electron chi connectivity index (χ0n) is 11.9. The molecule has 7 heteroatoms. The Labute approximate surface area is 125 Å².